The molecule has 3 N–H and O–H groups in total. The van der Waals surface area contributed by atoms with Gasteiger partial charge in [0.05, 0.1) is 25.6 Å². The van der Waals surface area contributed by atoms with Crippen molar-refractivity contribution in [1.82, 2.24) is 15.2 Å². The van der Waals surface area contributed by atoms with Crippen molar-refractivity contribution in [1.29, 1.82) is 0 Å². The number of amides is 1. The number of nitrogens with zero attached hydrogens (tertiary/aromatic N) is 3. The number of piperazine rings is 1. The second-order valence-electron chi connectivity index (χ2n) is 8.20. The number of hydrogen-bond acceptors (Lipinski definition) is 8. The Morgan fingerprint density at radius 3 is 2.65 bits per heavy atom. The number of aryl methyl sites for hydroxylation is 1. The van der Waals surface area contributed by atoms with Gasteiger partial charge < -0.3 is 25.4 Å². The monoisotopic (exact) mass is 503 g/mol. The number of nitrogen functional groups attached to an aromatic ring is 1. The first-order valence-corrected chi connectivity index (χ1v) is 12.4. The van der Waals surface area contributed by atoms with Crippen LogP contribution in [-0.2, 0) is 0 Å². The van der Waals surface area contributed by atoms with Gasteiger partial charge in [0, 0.05) is 38.1 Å². The van der Waals surface area contributed by atoms with Crippen molar-refractivity contribution in [3.8, 4) is 11.6 Å². The van der Waals surface area contributed by atoms with E-state index in [2.05, 4.69) is 26.2 Å². The average molecular weight is 504 g/mol. The van der Waals surface area contributed by atoms with Crippen molar-refractivity contribution in [2.45, 2.75) is 13.3 Å². The topological polar surface area (TPSA) is 93.0 Å². The second-order valence-corrected chi connectivity index (χ2v) is 9.57. The Hall–Kier alpha value is -2.75. The average Bonchev–Trinajstić information content (AvgIpc) is 3.20. The number of pyridine rings is 1. The molecule has 0 unspecified atom stereocenters. The number of anilines is 2. The van der Waals surface area contributed by atoms with Crippen molar-refractivity contribution < 1.29 is 14.3 Å². The summed E-state index contributed by atoms with van der Waals surface area (Å²) in [5.74, 6) is 1.06. The Morgan fingerprint density at radius 2 is 1.94 bits per heavy atom. The van der Waals surface area contributed by atoms with Gasteiger partial charge in [0.25, 0.3) is 5.91 Å². The van der Waals surface area contributed by atoms with E-state index in [1.165, 1.54) is 18.4 Å². The molecule has 182 valence electrons. The standard InChI is InChI=1S/C24H30ClN5O3S/c1-15-18-20(26)21(34-24(18)28-23(33-3)19(15)25)22(31)27-9-6-10-29-11-13-30(14-12-29)16-7-4-5-8-17(16)32-2/h4-5,7-8H,6,9-14,26H2,1-3H3,(H,27,31). The molecule has 3 aromatic rings. The highest BCUT2D eigenvalue weighted by Gasteiger charge is 2.22. The number of nitrogens with two attached hydrogens (primary N) is 1. The SMILES string of the molecule is COc1ccccc1N1CCN(CCCNC(=O)c2sc3nc(OC)c(Cl)c(C)c3c2N)CC1. The Bertz CT molecular complexity index is 1180. The first kappa shape index (κ1) is 24.4. The van der Waals surface area contributed by atoms with Gasteiger partial charge in [-0.1, -0.05) is 23.7 Å². The highest BCUT2D eigenvalue weighted by atomic mass is 35.5. The van der Waals surface area contributed by atoms with Gasteiger partial charge in [-0.3, -0.25) is 9.69 Å². The lowest BCUT2D eigenvalue weighted by Crippen LogP contribution is -2.47. The molecule has 0 bridgehead atoms. The molecule has 8 nitrogen and oxygen atoms in total. The predicted octanol–water partition coefficient (Wildman–Crippen LogP) is 3.80. The molecule has 34 heavy (non-hydrogen) atoms. The van der Waals surface area contributed by atoms with E-state index >= 15 is 0 Å². The zero-order chi connectivity index (χ0) is 24.2. The highest BCUT2D eigenvalue weighted by Crippen LogP contribution is 2.40. The first-order valence-electron chi connectivity index (χ1n) is 11.2. The smallest absolute Gasteiger partial charge is 0.263 e. The van der Waals surface area contributed by atoms with Gasteiger partial charge in [0.2, 0.25) is 5.88 Å². The number of para-hydroxylation sites is 2. The maximum absolute atomic E-state index is 12.8. The molecule has 0 saturated carbocycles. The third-order valence-electron chi connectivity index (χ3n) is 6.16. The molecular formula is C24H30ClN5O3S. The van der Waals surface area contributed by atoms with Crippen molar-refractivity contribution in [2.75, 3.05) is 64.1 Å². The normalized spacial score (nSPS) is 14.4. The van der Waals surface area contributed by atoms with Gasteiger partial charge in [-0.2, -0.15) is 0 Å². The summed E-state index contributed by atoms with van der Waals surface area (Å²) in [6.45, 7) is 7.21. The van der Waals surface area contributed by atoms with Crippen LogP contribution in [0.4, 0.5) is 11.4 Å². The van der Waals surface area contributed by atoms with Crippen molar-refractivity contribution in [3.63, 3.8) is 0 Å². The van der Waals surface area contributed by atoms with E-state index in [4.69, 9.17) is 26.8 Å². The molecule has 0 aliphatic carbocycles. The van der Waals surface area contributed by atoms with Crippen LogP contribution in [0.15, 0.2) is 24.3 Å². The number of ether oxygens (including phenoxy) is 2. The van der Waals surface area contributed by atoms with Crippen LogP contribution in [0, 0.1) is 6.92 Å². The van der Waals surface area contributed by atoms with E-state index in [1.54, 1.807) is 7.11 Å². The predicted molar refractivity (Wildman–Crippen MR) is 139 cm³/mol. The lowest BCUT2D eigenvalue weighted by Gasteiger charge is -2.36. The number of fused-ring (bicyclic) bond motifs is 1. The van der Waals surface area contributed by atoms with Crippen LogP contribution in [0.1, 0.15) is 21.7 Å². The Kier molecular flexibility index (Phi) is 7.65. The molecule has 1 fully saturated rings. The zero-order valence-corrected chi connectivity index (χ0v) is 21.3. The molecule has 3 heterocycles. The molecule has 0 spiro atoms. The number of carbonyl (C=O) groups excluding carboxylic acids is 1. The maximum atomic E-state index is 12.8. The van der Waals surface area contributed by atoms with Crippen LogP contribution in [-0.4, -0.2) is 69.3 Å². The van der Waals surface area contributed by atoms with Crippen LogP contribution in [0.2, 0.25) is 5.02 Å². The molecule has 1 aliphatic heterocycles. The summed E-state index contributed by atoms with van der Waals surface area (Å²) in [6.07, 6.45) is 0.863. The lowest BCUT2D eigenvalue weighted by molar-refractivity contribution is 0.0956. The third-order valence-corrected chi connectivity index (χ3v) is 7.70. The number of benzene rings is 1. The van der Waals surface area contributed by atoms with E-state index in [-0.39, 0.29) is 5.91 Å². The van der Waals surface area contributed by atoms with Gasteiger partial charge in [0.1, 0.15) is 20.5 Å². The molecule has 0 radical (unpaired) electrons. The number of nitrogens with one attached hydrogen (secondary N) is 1. The van der Waals surface area contributed by atoms with E-state index in [9.17, 15) is 4.79 Å². The number of carbonyl (C=O) groups is 1. The summed E-state index contributed by atoms with van der Waals surface area (Å²) in [7, 11) is 3.22. The summed E-state index contributed by atoms with van der Waals surface area (Å²) < 4.78 is 10.7. The molecule has 1 amide bonds. The zero-order valence-electron chi connectivity index (χ0n) is 19.7. The minimum atomic E-state index is -0.184. The van der Waals surface area contributed by atoms with E-state index in [0.29, 0.717) is 38.2 Å². The van der Waals surface area contributed by atoms with Crippen LogP contribution in [0.25, 0.3) is 10.2 Å². The largest absolute Gasteiger partial charge is 0.495 e. The van der Waals surface area contributed by atoms with E-state index in [1.807, 2.05) is 25.1 Å². The Morgan fingerprint density at radius 1 is 1.21 bits per heavy atom. The fraction of sp³-hybridized carbons (Fsp3) is 0.417. The molecule has 1 saturated heterocycles. The molecular weight excluding hydrogens is 474 g/mol. The van der Waals surface area contributed by atoms with Crippen LogP contribution in [0.3, 0.4) is 0 Å². The molecule has 1 aliphatic rings. The number of halogens is 1. The maximum Gasteiger partial charge on any atom is 0.263 e. The minimum Gasteiger partial charge on any atom is -0.495 e. The molecule has 4 rings (SSSR count). The molecule has 1 aromatic carbocycles. The van der Waals surface area contributed by atoms with Crippen LogP contribution < -0.4 is 25.4 Å². The summed E-state index contributed by atoms with van der Waals surface area (Å²) in [5.41, 5.74) is 8.62. The number of hydrogen-bond donors (Lipinski definition) is 2. The van der Waals surface area contributed by atoms with Gasteiger partial charge in [0.15, 0.2) is 0 Å². The number of thiophene rings is 1. The molecule has 0 atom stereocenters. The molecule has 2 aromatic heterocycles. The summed E-state index contributed by atoms with van der Waals surface area (Å²) in [5, 5.41) is 4.13. The summed E-state index contributed by atoms with van der Waals surface area (Å²) in [4.78, 5) is 23.1. The van der Waals surface area contributed by atoms with E-state index < -0.39 is 0 Å². The van der Waals surface area contributed by atoms with Crippen molar-refractivity contribution in [3.05, 3.63) is 39.7 Å². The minimum absolute atomic E-state index is 0.184. The third kappa shape index (κ3) is 4.87. The molecule has 10 heteroatoms. The Balaban J connectivity index is 1.28. The fourth-order valence-electron chi connectivity index (χ4n) is 4.28. The fourth-order valence-corrected chi connectivity index (χ4v) is 5.55. The lowest BCUT2D eigenvalue weighted by atomic mass is 10.1. The van der Waals surface area contributed by atoms with Gasteiger partial charge in [-0.15, -0.1) is 11.3 Å². The van der Waals surface area contributed by atoms with Crippen LogP contribution in [0.5, 0.6) is 11.6 Å². The Labute approximate surface area is 208 Å². The first-order chi connectivity index (χ1) is 16.4. The van der Waals surface area contributed by atoms with Gasteiger partial charge in [-0.05, 0) is 37.6 Å². The van der Waals surface area contributed by atoms with Gasteiger partial charge in [-0.25, -0.2) is 4.98 Å². The number of rotatable bonds is 8. The van der Waals surface area contributed by atoms with E-state index in [0.717, 1.165) is 56.1 Å². The van der Waals surface area contributed by atoms with Gasteiger partial charge >= 0.3 is 0 Å². The quantitative estimate of drug-likeness (QED) is 0.451. The van der Waals surface area contributed by atoms with Crippen molar-refractivity contribution >= 4 is 50.4 Å². The van der Waals surface area contributed by atoms with Crippen molar-refractivity contribution in [2.24, 2.45) is 0 Å². The summed E-state index contributed by atoms with van der Waals surface area (Å²) >= 11 is 7.57. The highest BCUT2D eigenvalue weighted by molar-refractivity contribution is 7.21. The van der Waals surface area contributed by atoms with Crippen LogP contribution >= 0.6 is 22.9 Å². The number of methoxy groups -OCH3 is 2. The second kappa shape index (κ2) is 10.7. The number of aromatic nitrogens is 1. The summed E-state index contributed by atoms with van der Waals surface area (Å²) in [6, 6.07) is 8.13.